The van der Waals surface area contributed by atoms with Crippen molar-refractivity contribution in [1.82, 2.24) is 10.2 Å². The highest BCUT2D eigenvalue weighted by Gasteiger charge is 2.34. The maximum absolute atomic E-state index is 12.3. The van der Waals surface area contributed by atoms with Crippen molar-refractivity contribution in [3.8, 4) is 5.75 Å². The summed E-state index contributed by atoms with van der Waals surface area (Å²) in [5, 5.41) is 2.90. The van der Waals surface area contributed by atoms with Crippen LogP contribution in [0.25, 0.3) is 0 Å². The highest BCUT2D eigenvalue weighted by atomic mass is 16.7. The van der Waals surface area contributed by atoms with Crippen LogP contribution in [0.4, 0.5) is 0 Å². The summed E-state index contributed by atoms with van der Waals surface area (Å²) in [6.45, 7) is 2.35. The second-order valence-electron chi connectivity index (χ2n) is 6.37. The molecule has 0 aliphatic carbocycles. The van der Waals surface area contributed by atoms with Crippen molar-refractivity contribution in [2.75, 3.05) is 33.6 Å². The fourth-order valence-electron chi connectivity index (χ4n) is 3.07. The maximum Gasteiger partial charge on any atom is 0.225 e. The van der Waals surface area contributed by atoms with Gasteiger partial charge in [0.25, 0.3) is 0 Å². The second kappa shape index (κ2) is 8.31. The molecule has 2 aliphatic rings. The number of carbonyl (C=O) groups excluding carboxylic acids is 2. The molecule has 2 saturated heterocycles. The van der Waals surface area contributed by atoms with Crippen molar-refractivity contribution in [1.29, 1.82) is 0 Å². The predicted molar refractivity (Wildman–Crippen MR) is 89.8 cm³/mol. The number of methoxy groups -OCH3 is 1. The smallest absolute Gasteiger partial charge is 0.225 e. The van der Waals surface area contributed by atoms with Gasteiger partial charge >= 0.3 is 0 Å². The Labute approximate surface area is 147 Å². The third kappa shape index (κ3) is 4.70. The lowest BCUT2D eigenvalue weighted by Gasteiger charge is -2.23. The minimum atomic E-state index is -0.300. The Morgan fingerprint density at radius 2 is 2.16 bits per heavy atom. The van der Waals surface area contributed by atoms with Crippen LogP contribution in [-0.4, -0.2) is 56.4 Å². The van der Waals surface area contributed by atoms with Gasteiger partial charge in [-0.05, 0) is 24.1 Å². The van der Waals surface area contributed by atoms with Crippen LogP contribution in [0, 0.1) is 5.92 Å². The topological polar surface area (TPSA) is 77.1 Å². The molecule has 1 N–H and O–H groups in total. The number of nitrogens with zero attached hydrogens (tertiary/aromatic N) is 1. The third-order valence-corrected chi connectivity index (χ3v) is 4.59. The Hall–Kier alpha value is -2.12. The van der Waals surface area contributed by atoms with Crippen molar-refractivity contribution >= 4 is 11.8 Å². The van der Waals surface area contributed by atoms with E-state index in [9.17, 15) is 9.59 Å². The first-order valence-electron chi connectivity index (χ1n) is 8.53. The molecule has 3 rings (SSSR count). The Morgan fingerprint density at radius 1 is 1.36 bits per heavy atom. The Morgan fingerprint density at radius 3 is 2.84 bits per heavy atom. The molecule has 2 heterocycles. The van der Waals surface area contributed by atoms with E-state index in [0.29, 0.717) is 26.2 Å². The molecule has 7 nitrogen and oxygen atoms in total. The summed E-state index contributed by atoms with van der Waals surface area (Å²) < 4.78 is 15.7. The van der Waals surface area contributed by atoms with Gasteiger partial charge in [0.15, 0.2) is 0 Å². The number of benzene rings is 1. The van der Waals surface area contributed by atoms with Crippen molar-refractivity contribution in [2.24, 2.45) is 5.92 Å². The van der Waals surface area contributed by atoms with Crippen molar-refractivity contribution < 1.29 is 23.8 Å². The van der Waals surface area contributed by atoms with Crippen molar-refractivity contribution in [3.63, 3.8) is 0 Å². The van der Waals surface area contributed by atoms with E-state index in [-0.39, 0.29) is 37.0 Å². The summed E-state index contributed by atoms with van der Waals surface area (Å²) in [7, 11) is 1.62. The molecule has 2 fully saturated rings. The molecule has 0 saturated carbocycles. The van der Waals surface area contributed by atoms with E-state index < -0.39 is 0 Å². The van der Waals surface area contributed by atoms with Crippen molar-refractivity contribution in [2.45, 2.75) is 25.5 Å². The van der Waals surface area contributed by atoms with Gasteiger partial charge in [0, 0.05) is 26.1 Å². The molecule has 1 aromatic carbocycles. The van der Waals surface area contributed by atoms with Gasteiger partial charge < -0.3 is 24.4 Å². The van der Waals surface area contributed by atoms with Crippen molar-refractivity contribution in [3.05, 3.63) is 29.8 Å². The first kappa shape index (κ1) is 17.7. The van der Waals surface area contributed by atoms with Crippen LogP contribution in [0.1, 0.15) is 18.4 Å². The summed E-state index contributed by atoms with van der Waals surface area (Å²) >= 11 is 0. The van der Waals surface area contributed by atoms with Crippen LogP contribution in [-0.2, 0) is 25.6 Å². The van der Waals surface area contributed by atoms with Crippen LogP contribution < -0.4 is 10.1 Å². The molecule has 0 unspecified atom stereocenters. The third-order valence-electron chi connectivity index (χ3n) is 4.59. The lowest BCUT2D eigenvalue weighted by Crippen LogP contribution is -2.40. The van der Waals surface area contributed by atoms with E-state index in [0.717, 1.165) is 17.7 Å². The molecule has 0 radical (unpaired) electrons. The van der Waals surface area contributed by atoms with Gasteiger partial charge in [0.2, 0.25) is 11.8 Å². The predicted octanol–water partition coefficient (Wildman–Crippen LogP) is 0.923. The van der Waals surface area contributed by atoms with Gasteiger partial charge in [-0.2, -0.15) is 0 Å². The first-order valence-corrected chi connectivity index (χ1v) is 8.53. The standard InChI is InChI=1S/C18H24N2O5/c1-23-15-4-2-13(3-5-15)10-20-11-14(8-17(20)21)18(22)19-9-16-6-7-24-12-25-16/h2-5,14,16H,6-12H2,1H3,(H,19,22)/t14-,16+/m0/s1. The van der Waals surface area contributed by atoms with E-state index in [4.69, 9.17) is 14.2 Å². The maximum atomic E-state index is 12.3. The molecule has 2 aliphatic heterocycles. The van der Waals surface area contributed by atoms with Gasteiger partial charge in [0.05, 0.1) is 25.7 Å². The summed E-state index contributed by atoms with van der Waals surface area (Å²) in [6.07, 6.45) is 1.02. The number of hydrogen-bond donors (Lipinski definition) is 1. The minimum absolute atomic E-state index is 0.00907. The highest BCUT2D eigenvalue weighted by molar-refractivity contribution is 5.89. The number of nitrogens with one attached hydrogen (secondary N) is 1. The van der Waals surface area contributed by atoms with Gasteiger partial charge in [0.1, 0.15) is 12.5 Å². The van der Waals surface area contributed by atoms with E-state index >= 15 is 0 Å². The molecule has 136 valence electrons. The number of amides is 2. The number of likely N-dealkylation sites (tertiary alicyclic amines) is 1. The Kier molecular flexibility index (Phi) is 5.88. The minimum Gasteiger partial charge on any atom is -0.497 e. The quantitative estimate of drug-likeness (QED) is 0.827. The molecule has 0 bridgehead atoms. The van der Waals surface area contributed by atoms with E-state index in [1.54, 1.807) is 12.0 Å². The van der Waals surface area contributed by atoms with Crippen LogP contribution in [0.2, 0.25) is 0 Å². The van der Waals surface area contributed by atoms with Gasteiger partial charge in [-0.15, -0.1) is 0 Å². The monoisotopic (exact) mass is 348 g/mol. The normalized spacial score (nSPS) is 23.6. The Bertz CT molecular complexity index is 598. The lowest BCUT2D eigenvalue weighted by atomic mass is 10.1. The number of hydrogen-bond acceptors (Lipinski definition) is 5. The first-order chi connectivity index (χ1) is 12.2. The van der Waals surface area contributed by atoms with Gasteiger partial charge in [-0.1, -0.05) is 12.1 Å². The number of ether oxygens (including phenoxy) is 3. The molecule has 1 aromatic rings. The summed E-state index contributed by atoms with van der Waals surface area (Å²) in [5.41, 5.74) is 1.02. The average molecular weight is 348 g/mol. The molecule has 25 heavy (non-hydrogen) atoms. The van der Waals surface area contributed by atoms with Gasteiger partial charge in [-0.3, -0.25) is 9.59 Å². The van der Waals surface area contributed by atoms with Crippen LogP contribution in [0.3, 0.4) is 0 Å². The van der Waals surface area contributed by atoms with Crippen LogP contribution >= 0.6 is 0 Å². The molecular formula is C18H24N2O5. The summed E-state index contributed by atoms with van der Waals surface area (Å²) in [6, 6.07) is 7.60. The SMILES string of the molecule is COc1ccc(CN2C[C@@H](C(=O)NC[C@H]3CCOCO3)CC2=O)cc1. The summed E-state index contributed by atoms with van der Waals surface area (Å²) in [4.78, 5) is 26.3. The fraction of sp³-hybridized carbons (Fsp3) is 0.556. The molecule has 2 atom stereocenters. The fourth-order valence-corrected chi connectivity index (χ4v) is 3.07. The van der Waals surface area contributed by atoms with Crippen LogP contribution in [0.5, 0.6) is 5.75 Å². The molecule has 7 heteroatoms. The van der Waals surface area contributed by atoms with E-state index in [2.05, 4.69) is 5.32 Å². The van der Waals surface area contributed by atoms with Gasteiger partial charge in [-0.25, -0.2) is 0 Å². The molecule has 0 aromatic heterocycles. The molecular weight excluding hydrogens is 324 g/mol. The zero-order chi connectivity index (χ0) is 17.6. The highest BCUT2D eigenvalue weighted by Crippen LogP contribution is 2.21. The molecule has 2 amide bonds. The van der Waals surface area contributed by atoms with Crippen LogP contribution in [0.15, 0.2) is 24.3 Å². The number of rotatable bonds is 6. The van der Waals surface area contributed by atoms with E-state index in [1.165, 1.54) is 0 Å². The largest absolute Gasteiger partial charge is 0.497 e. The second-order valence-corrected chi connectivity index (χ2v) is 6.37. The Balaban J connectivity index is 1.48. The van der Waals surface area contributed by atoms with E-state index in [1.807, 2.05) is 24.3 Å². The average Bonchev–Trinajstić information content (AvgIpc) is 3.02. The summed E-state index contributed by atoms with van der Waals surface area (Å²) in [5.74, 6) is 0.411. The lowest BCUT2D eigenvalue weighted by molar-refractivity contribution is -0.142. The zero-order valence-electron chi connectivity index (χ0n) is 14.4. The molecule has 0 spiro atoms. The number of carbonyl (C=O) groups is 2. The zero-order valence-corrected chi connectivity index (χ0v) is 14.4.